The molecule has 0 bridgehead atoms. The quantitative estimate of drug-likeness (QED) is 0.773. The minimum atomic E-state index is -0.761. The van der Waals surface area contributed by atoms with Gasteiger partial charge in [-0.3, -0.25) is 9.59 Å². The molecule has 2 saturated heterocycles. The molecule has 1 N–H and O–H groups in total. The second-order valence-corrected chi connectivity index (χ2v) is 5.42. The van der Waals surface area contributed by atoms with Crippen molar-refractivity contribution >= 4 is 23.6 Å². The summed E-state index contributed by atoms with van der Waals surface area (Å²) >= 11 is 1.83. The number of carboxylic acid groups (broad SMARTS) is 1. The number of nitrogens with zero attached hydrogens (tertiary/aromatic N) is 1. The fourth-order valence-electron chi connectivity index (χ4n) is 2.11. The summed E-state index contributed by atoms with van der Waals surface area (Å²) in [5.74, 6) is 1.88. The zero-order valence-corrected chi connectivity index (χ0v) is 9.33. The molecule has 0 aromatic carbocycles. The van der Waals surface area contributed by atoms with Crippen molar-refractivity contribution in [2.24, 2.45) is 11.8 Å². The Morgan fingerprint density at radius 1 is 1.40 bits per heavy atom. The molecule has 4 nitrogen and oxygen atoms in total. The highest BCUT2D eigenvalue weighted by Gasteiger charge is 2.36. The van der Waals surface area contributed by atoms with E-state index in [1.165, 1.54) is 0 Å². The van der Waals surface area contributed by atoms with Crippen molar-refractivity contribution in [1.29, 1.82) is 0 Å². The third kappa shape index (κ3) is 2.45. The van der Waals surface area contributed by atoms with E-state index < -0.39 is 5.97 Å². The Morgan fingerprint density at radius 2 is 2.13 bits per heavy atom. The van der Waals surface area contributed by atoms with E-state index in [-0.39, 0.29) is 24.2 Å². The topological polar surface area (TPSA) is 57.6 Å². The van der Waals surface area contributed by atoms with Gasteiger partial charge in [-0.05, 0) is 12.2 Å². The lowest BCUT2D eigenvalue weighted by Gasteiger charge is -2.39. The second kappa shape index (κ2) is 4.43. The predicted octanol–water partition coefficient (Wildman–Crippen LogP) is 0.673. The number of likely N-dealkylation sites (tertiary alicyclic amines) is 1. The normalized spacial score (nSPS) is 26.4. The van der Waals surface area contributed by atoms with Crippen molar-refractivity contribution in [3.8, 4) is 0 Å². The van der Waals surface area contributed by atoms with Crippen LogP contribution in [0.3, 0.4) is 0 Å². The fraction of sp³-hybridized carbons (Fsp3) is 0.800. The lowest BCUT2D eigenvalue weighted by molar-refractivity contribution is -0.147. The van der Waals surface area contributed by atoms with Crippen molar-refractivity contribution in [1.82, 2.24) is 4.90 Å². The molecule has 0 aromatic rings. The summed E-state index contributed by atoms with van der Waals surface area (Å²) in [6.07, 6.45) is 1.19. The highest BCUT2D eigenvalue weighted by Crippen LogP contribution is 2.28. The molecule has 2 aliphatic heterocycles. The number of carbonyl (C=O) groups is 2. The average Bonchev–Trinajstić information content (AvgIpc) is 2.61. The number of aliphatic carboxylic acids is 1. The van der Waals surface area contributed by atoms with Crippen LogP contribution in [0.25, 0.3) is 0 Å². The van der Waals surface area contributed by atoms with Gasteiger partial charge in [-0.2, -0.15) is 11.8 Å². The van der Waals surface area contributed by atoms with Crippen LogP contribution in [-0.2, 0) is 9.59 Å². The minimum absolute atomic E-state index is 0.181. The number of amides is 1. The van der Waals surface area contributed by atoms with Gasteiger partial charge in [0.05, 0.1) is 6.42 Å². The Balaban J connectivity index is 1.74. The highest BCUT2D eigenvalue weighted by atomic mass is 32.2. The summed E-state index contributed by atoms with van der Waals surface area (Å²) in [6.45, 7) is 1.29. The van der Waals surface area contributed by atoms with Crippen LogP contribution in [0.15, 0.2) is 0 Å². The Kier molecular flexibility index (Phi) is 3.19. The van der Waals surface area contributed by atoms with E-state index in [1.54, 1.807) is 0 Å². The van der Waals surface area contributed by atoms with Crippen LogP contribution in [0.1, 0.15) is 12.8 Å². The molecule has 0 aromatic heterocycles. The first-order valence-corrected chi connectivity index (χ1v) is 6.40. The van der Waals surface area contributed by atoms with Gasteiger partial charge in [-0.1, -0.05) is 0 Å². The van der Waals surface area contributed by atoms with Crippen LogP contribution in [0, 0.1) is 11.8 Å². The standard InChI is InChI=1S/C10H15NO3S/c12-9(13)3-7-4-11(5-7)10(14)8-1-2-15-6-8/h7-8H,1-6H2,(H,12,13). The Bertz CT molecular complexity index is 270. The SMILES string of the molecule is O=C(O)CC1CN(C(=O)C2CCSC2)C1. The van der Waals surface area contributed by atoms with Gasteiger partial charge < -0.3 is 10.0 Å². The monoisotopic (exact) mass is 229 g/mol. The van der Waals surface area contributed by atoms with Gasteiger partial charge in [0.1, 0.15) is 0 Å². The van der Waals surface area contributed by atoms with Gasteiger partial charge >= 0.3 is 5.97 Å². The molecule has 1 atom stereocenters. The van der Waals surface area contributed by atoms with Crippen LogP contribution in [0.2, 0.25) is 0 Å². The second-order valence-electron chi connectivity index (χ2n) is 4.27. The van der Waals surface area contributed by atoms with Gasteiger partial charge in [0.2, 0.25) is 5.91 Å². The van der Waals surface area contributed by atoms with Crippen molar-refractivity contribution < 1.29 is 14.7 Å². The smallest absolute Gasteiger partial charge is 0.303 e. The van der Waals surface area contributed by atoms with E-state index in [4.69, 9.17) is 5.11 Å². The van der Waals surface area contributed by atoms with E-state index in [0.717, 1.165) is 17.9 Å². The molecule has 1 unspecified atom stereocenters. The number of rotatable bonds is 3. The molecule has 2 heterocycles. The first-order valence-electron chi connectivity index (χ1n) is 5.25. The lowest BCUT2D eigenvalue weighted by Crippen LogP contribution is -2.52. The third-order valence-electron chi connectivity index (χ3n) is 3.01. The molecular formula is C10H15NO3S. The zero-order chi connectivity index (χ0) is 10.8. The van der Waals surface area contributed by atoms with Gasteiger partial charge in [-0.25, -0.2) is 0 Å². The van der Waals surface area contributed by atoms with Gasteiger partial charge in [-0.15, -0.1) is 0 Å². The predicted molar refractivity (Wildman–Crippen MR) is 57.8 cm³/mol. The van der Waals surface area contributed by atoms with Gasteiger partial charge in [0.25, 0.3) is 0 Å². The van der Waals surface area contributed by atoms with E-state index in [9.17, 15) is 9.59 Å². The summed E-state index contributed by atoms with van der Waals surface area (Å²) in [5.41, 5.74) is 0. The van der Waals surface area contributed by atoms with Crippen LogP contribution in [-0.4, -0.2) is 46.5 Å². The molecule has 2 rings (SSSR count). The number of carboxylic acids is 1. The molecule has 15 heavy (non-hydrogen) atoms. The van der Waals surface area contributed by atoms with E-state index in [0.29, 0.717) is 13.1 Å². The van der Waals surface area contributed by atoms with Crippen LogP contribution < -0.4 is 0 Å². The van der Waals surface area contributed by atoms with E-state index in [1.807, 2.05) is 16.7 Å². The minimum Gasteiger partial charge on any atom is -0.481 e. The van der Waals surface area contributed by atoms with Crippen molar-refractivity contribution in [2.75, 3.05) is 24.6 Å². The first-order chi connectivity index (χ1) is 7.16. The maximum atomic E-state index is 11.8. The van der Waals surface area contributed by atoms with Gasteiger partial charge in [0.15, 0.2) is 0 Å². The molecule has 0 spiro atoms. The molecule has 5 heteroatoms. The molecule has 0 radical (unpaired) electrons. The Morgan fingerprint density at radius 3 is 2.67 bits per heavy atom. The molecule has 2 fully saturated rings. The summed E-state index contributed by atoms with van der Waals surface area (Å²) in [4.78, 5) is 24.1. The summed E-state index contributed by atoms with van der Waals surface area (Å²) < 4.78 is 0. The largest absolute Gasteiger partial charge is 0.481 e. The molecule has 0 saturated carbocycles. The molecule has 84 valence electrons. The molecule has 1 amide bonds. The summed E-state index contributed by atoms with van der Waals surface area (Å²) in [5, 5.41) is 8.58. The Hall–Kier alpha value is -0.710. The van der Waals surface area contributed by atoms with Crippen LogP contribution in [0.4, 0.5) is 0 Å². The number of hydrogen-bond acceptors (Lipinski definition) is 3. The summed E-state index contributed by atoms with van der Waals surface area (Å²) in [6, 6.07) is 0. The van der Waals surface area contributed by atoms with Crippen molar-refractivity contribution in [2.45, 2.75) is 12.8 Å². The fourth-order valence-corrected chi connectivity index (χ4v) is 3.32. The first kappa shape index (κ1) is 10.8. The maximum Gasteiger partial charge on any atom is 0.303 e. The molecular weight excluding hydrogens is 214 g/mol. The van der Waals surface area contributed by atoms with Crippen LogP contribution in [0.5, 0.6) is 0 Å². The molecule has 2 aliphatic rings. The molecule has 0 aliphatic carbocycles. The highest BCUT2D eigenvalue weighted by molar-refractivity contribution is 7.99. The lowest BCUT2D eigenvalue weighted by atomic mass is 9.94. The Labute approximate surface area is 93.0 Å². The third-order valence-corrected chi connectivity index (χ3v) is 4.17. The van der Waals surface area contributed by atoms with Crippen molar-refractivity contribution in [3.05, 3.63) is 0 Å². The van der Waals surface area contributed by atoms with Crippen molar-refractivity contribution in [3.63, 3.8) is 0 Å². The van der Waals surface area contributed by atoms with E-state index >= 15 is 0 Å². The summed E-state index contributed by atoms with van der Waals surface area (Å²) in [7, 11) is 0. The number of carbonyl (C=O) groups excluding carboxylic acids is 1. The average molecular weight is 229 g/mol. The van der Waals surface area contributed by atoms with Crippen LogP contribution >= 0.6 is 11.8 Å². The number of hydrogen-bond donors (Lipinski definition) is 1. The zero-order valence-electron chi connectivity index (χ0n) is 8.52. The van der Waals surface area contributed by atoms with E-state index in [2.05, 4.69) is 0 Å². The number of thioether (sulfide) groups is 1. The van der Waals surface area contributed by atoms with Gasteiger partial charge in [0, 0.05) is 30.7 Å². The maximum absolute atomic E-state index is 11.8.